The molecular weight excluding hydrogens is 230 g/mol. The first-order valence-corrected chi connectivity index (χ1v) is 5.90. The Labute approximate surface area is 106 Å². The molecule has 18 heavy (non-hydrogen) atoms. The van der Waals surface area contributed by atoms with Crippen molar-refractivity contribution in [2.45, 2.75) is 32.9 Å². The van der Waals surface area contributed by atoms with Gasteiger partial charge in [0.05, 0.1) is 18.3 Å². The summed E-state index contributed by atoms with van der Waals surface area (Å²) in [4.78, 5) is 8.45. The van der Waals surface area contributed by atoms with Gasteiger partial charge in [-0.15, -0.1) is 0 Å². The monoisotopic (exact) mass is 247 g/mol. The van der Waals surface area contributed by atoms with Gasteiger partial charge in [0.15, 0.2) is 0 Å². The Morgan fingerprint density at radius 3 is 2.83 bits per heavy atom. The number of aromatic amines is 1. The fourth-order valence-corrected chi connectivity index (χ4v) is 1.49. The molecule has 0 fully saturated rings. The molecule has 0 amide bonds. The van der Waals surface area contributed by atoms with Crippen LogP contribution in [0.1, 0.15) is 32.4 Å². The molecule has 0 saturated heterocycles. The van der Waals surface area contributed by atoms with Gasteiger partial charge in [0.1, 0.15) is 0 Å². The van der Waals surface area contributed by atoms with Crippen molar-refractivity contribution in [1.29, 1.82) is 0 Å². The summed E-state index contributed by atoms with van der Waals surface area (Å²) in [6.07, 6.45) is 5.38. The summed E-state index contributed by atoms with van der Waals surface area (Å²) in [7, 11) is 0. The van der Waals surface area contributed by atoms with Crippen molar-refractivity contribution in [3.8, 4) is 5.88 Å². The maximum absolute atomic E-state index is 5.52. The van der Waals surface area contributed by atoms with Gasteiger partial charge in [-0.25, -0.2) is 4.98 Å². The lowest BCUT2D eigenvalue weighted by Gasteiger charge is -2.13. The zero-order chi connectivity index (χ0) is 13.0. The Kier molecular flexibility index (Phi) is 3.76. The molecule has 0 bridgehead atoms. The first-order chi connectivity index (χ1) is 8.65. The van der Waals surface area contributed by atoms with Crippen LogP contribution in [0.3, 0.4) is 0 Å². The van der Waals surface area contributed by atoms with E-state index < -0.39 is 0 Å². The van der Waals surface area contributed by atoms with Crippen LogP contribution >= 0.6 is 0 Å². The van der Waals surface area contributed by atoms with E-state index in [4.69, 9.17) is 4.74 Å². The summed E-state index contributed by atoms with van der Waals surface area (Å²) in [5.41, 5.74) is 1.05. The Hall–Kier alpha value is -2.11. The molecule has 1 unspecified atom stereocenters. The van der Waals surface area contributed by atoms with Crippen molar-refractivity contribution in [2.24, 2.45) is 0 Å². The molecule has 2 heterocycles. The fraction of sp³-hybridized carbons (Fsp3) is 0.417. The first kappa shape index (κ1) is 12.3. The standard InChI is InChI=1S/C12H17N5O/c1-8(2)18-11-4-5-13-12(17-11)16-9(3)10-6-14-15-7-10/h4-9H,1-3H3,(H,14,15)(H,13,16,17). The van der Waals surface area contributed by atoms with E-state index in [1.807, 2.05) is 27.0 Å². The van der Waals surface area contributed by atoms with Gasteiger partial charge >= 0.3 is 0 Å². The first-order valence-electron chi connectivity index (χ1n) is 5.90. The Morgan fingerprint density at radius 1 is 1.33 bits per heavy atom. The van der Waals surface area contributed by atoms with Gasteiger partial charge < -0.3 is 10.1 Å². The molecule has 0 radical (unpaired) electrons. The van der Waals surface area contributed by atoms with Crippen molar-refractivity contribution in [3.63, 3.8) is 0 Å². The minimum absolute atomic E-state index is 0.0815. The highest BCUT2D eigenvalue weighted by atomic mass is 16.5. The average Bonchev–Trinajstić information content (AvgIpc) is 2.81. The molecule has 0 spiro atoms. The average molecular weight is 247 g/mol. The molecule has 2 rings (SSSR count). The Bertz CT molecular complexity index is 483. The quantitative estimate of drug-likeness (QED) is 0.846. The number of hydrogen-bond acceptors (Lipinski definition) is 5. The molecule has 0 aliphatic heterocycles. The smallest absolute Gasteiger partial charge is 0.226 e. The van der Waals surface area contributed by atoms with E-state index >= 15 is 0 Å². The third kappa shape index (κ3) is 3.19. The lowest BCUT2D eigenvalue weighted by atomic mass is 10.2. The van der Waals surface area contributed by atoms with Crippen LogP contribution in [0.25, 0.3) is 0 Å². The van der Waals surface area contributed by atoms with E-state index in [1.54, 1.807) is 18.5 Å². The molecule has 0 aliphatic rings. The van der Waals surface area contributed by atoms with Gasteiger partial charge in [-0.3, -0.25) is 5.10 Å². The van der Waals surface area contributed by atoms with Gasteiger partial charge in [-0.1, -0.05) is 0 Å². The maximum Gasteiger partial charge on any atom is 0.226 e. The summed E-state index contributed by atoms with van der Waals surface area (Å²) in [6.45, 7) is 5.94. The molecule has 2 aromatic heterocycles. The fourth-order valence-electron chi connectivity index (χ4n) is 1.49. The van der Waals surface area contributed by atoms with Crippen molar-refractivity contribution in [1.82, 2.24) is 20.2 Å². The highest BCUT2D eigenvalue weighted by Gasteiger charge is 2.09. The third-order valence-corrected chi connectivity index (χ3v) is 2.35. The van der Waals surface area contributed by atoms with Gasteiger partial charge in [0.2, 0.25) is 11.8 Å². The summed E-state index contributed by atoms with van der Waals surface area (Å²) in [5.74, 6) is 1.11. The number of nitrogens with one attached hydrogen (secondary N) is 2. The lowest BCUT2D eigenvalue weighted by molar-refractivity contribution is 0.232. The molecule has 6 heteroatoms. The summed E-state index contributed by atoms with van der Waals surface area (Å²) in [6, 6.07) is 1.83. The number of hydrogen-bond donors (Lipinski definition) is 2. The minimum Gasteiger partial charge on any atom is -0.475 e. The van der Waals surface area contributed by atoms with Gasteiger partial charge in [0.25, 0.3) is 0 Å². The Morgan fingerprint density at radius 2 is 2.17 bits per heavy atom. The zero-order valence-corrected chi connectivity index (χ0v) is 10.7. The molecular formula is C12H17N5O. The van der Waals surface area contributed by atoms with Crippen LogP contribution in [-0.2, 0) is 0 Å². The normalized spacial score (nSPS) is 12.4. The molecule has 0 saturated carbocycles. The maximum atomic E-state index is 5.52. The van der Waals surface area contributed by atoms with Crippen LogP contribution < -0.4 is 10.1 Å². The topological polar surface area (TPSA) is 75.7 Å². The van der Waals surface area contributed by atoms with Crippen LogP contribution in [0.4, 0.5) is 5.95 Å². The van der Waals surface area contributed by atoms with Crippen LogP contribution in [-0.4, -0.2) is 26.3 Å². The number of anilines is 1. The van der Waals surface area contributed by atoms with Crippen molar-refractivity contribution in [2.75, 3.05) is 5.32 Å². The van der Waals surface area contributed by atoms with Crippen LogP contribution in [0.2, 0.25) is 0 Å². The molecule has 0 aliphatic carbocycles. The second-order valence-corrected chi connectivity index (χ2v) is 4.28. The number of ether oxygens (including phenoxy) is 1. The SMILES string of the molecule is CC(C)Oc1ccnc(NC(C)c2cn[nH]c2)n1. The van der Waals surface area contributed by atoms with Gasteiger partial charge in [-0.05, 0) is 20.8 Å². The van der Waals surface area contributed by atoms with Crippen LogP contribution in [0.5, 0.6) is 5.88 Å². The van der Waals surface area contributed by atoms with Crippen molar-refractivity contribution < 1.29 is 4.74 Å². The second kappa shape index (κ2) is 5.48. The number of H-pyrrole nitrogens is 1. The molecule has 0 aromatic carbocycles. The van der Waals surface area contributed by atoms with Crippen LogP contribution in [0, 0.1) is 0 Å². The molecule has 1 atom stereocenters. The second-order valence-electron chi connectivity index (χ2n) is 4.28. The van der Waals surface area contributed by atoms with E-state index in [9.17, 15) is 0 Å². The van der Waals surface area contributed by atoms with E-state index in [1.165, 1.54) is 0 Å². The van der Waals surface area contributed by atoms with E-state index in [0.717, 1.165) is 5.56 Å². The third-order valence-electron chi connectivity index (χ3n) is 2.35. The minimum atomic E-state index is 0.0815. The zero-order valence-electron chi connectivity index (χ0n) is 10.7. The van der Waals surface area contributed by atoms with Crippen LogP contribution in [0.15, 0.2) is 24.7 Å². The van der Waals surface area contributed by atoms with E-state index in [0.29, 0.717) is 11.8 Å². The predicted octanol–water partition coefficient (Wildman–Crippen LogP) is 2.16. The summed E-state index contributed by atoms with van der Waals surface area (Å²) >= 11 is 0. The number of nitrogens with zero attached hydrogens (tertiary/aromatic N) is 3. The van der Waals surface area contributed by atoms with E-state index in [-0.39, 0.29) is 12.1 Å². The van der Waals surface area contributed by atoms with Gasteiger partial charge in [-0.2, -0.15) is 10.1 Å². The molecule has 96 valence electrons. The van der Waals surface area contributed by atoms with Crippen molar-refractivity contribution >= 4 is 5.95 Å². The van der Waals surface area contributed by atoms with Gasteiger partial charge in [0, 0.05) is 24.0 Å². The predicted molar refractivity (Wildman–Crippen MR) is 68.4 cm³/mol. The lowest BCUT2D eigenvalue weighted by Crippen LogP contribution is -2.11. The largest absolute Gasteiger partial charge is 0.475 e. The highest BCUT2D eigenvalue weighted by Crippen LogP contribution is 2.17. The van der Waals surface area contributed by atoms with E-state index in [2.05, 4.69) is 25.5 Å². The molecule has 2 aromatic rings. The highest BCUT2D eigenvalue weighted by molar-refractivity contribution is 5.31. The number of rotatable bonds is 5. The molecule has 6 nitrogen and oxygen atoms in total. The molecule has 2 N–H and O–H groups in total. The van der Waals surface area contributed by atoms with Crippen molar-refractivity contribution in [3.05, 3.63) is 30.2 Å². The Balaban J connectivity index is 2.05. The summed E-state index contributed by atoms with van der Waals surface area (Å²) < 4.78 is 5.52. The number of aromatic nitrogens is 4. The summed E-state index contributed by atoms with van der Waals surface area (Å²) in [5, 5.41) is 9.89.